The minimum atomic E-state index is -1.20. The molecule has 1 rings (SSSR count). The molecule has 1 amide bonds. The summed E-state index contributed by atoms with van der Waals surface area (Å²) in [5.41, 5.74) is 1.42. The molecule has 0 aliphatic heterocycles. The molecule has 0 spiro atoms. The van der Waals surface area contributed by atoms with E-state index in [-0.39, 0.29) is 12.5 Å². The van der Waals surface area contributed by atoms with E-state index < -0.39 is 18.2 Å². The maximum absolute atomic E-state index is 11.6. The summed E-state index contributed by atoms with van der Waals surface area (Å²) >= 11 is 0. The van der Waals surface area contributed by atoms with Gasteiger partial charge in [0, 0.05) is 13.5 Å². The quantitative estimate of drug-likeness (QED) is 0.675. The first-order valence-corrected chi connectivity index (χ1v) is 6.16. The highest BCUT2D eigenvalue weighted by Gasteiger charge is 2.20. The minimum absolute atomic E-state index is 0.0715. The molecule has 1 aromatic rings. The van der Waals surface area contributed by atoms with E-state index in [1.807, 2.05) is 0 Å². The molecule has 0 radical (unpaired) electrons. The van der Waals surface area contributed by atoms with Gasteiger partial charge >= 0.3 is 5.97 Å². The van der Waals surface area contributed by atoms with Crippen LogP contribution in [0.15, 0.2) is 18.2 Å². The number of hydrogen-bond donors (Lipinski definition) is 3. The van der Waals surface area contributed by atoms with Gasteiger partial charge in [0.2, 0.25) is 5.91 Å². The number of esters is 1. The summed E-state index contributed by atoms with van der Waals surface area (Å²) in [5.74, 6) is -0.802. The van der Waals surface area contributed by atoms with Crippen LogP contribution >= 0.6 is 0 Å². The highest BCUT2D eigenvalue weighted by atomic mass is 16.5. The summed E-state index contributed by atoms with van der Waals surface area (Å²) < 4.78 is 4.65. The van der Waals surface area contributed by atoms with Gasteiger partial charge in [0.05, 0.1) is 12.7 Å². The Labute approximate surface area is 117 Å². The largest absolute Gasteiger partial charge is 0.465 e. The topological polar surface area (TPSA) is 95.9 Å². The molecule has 1 aromatic carbocycles. The second kappa shape index (κ2) is 7.02. The number of carbonyl (C=O) groups excluding carboxylic acids is 2. The molecule has 110 valence electrons. The van der Waals surface area contributed by atoms with Crippen LogP contribution in [0.2, 0.25) is 0 Å². The maximum Gasteiger partial charge on any atom is 0.338 e. The Bertz CT molecular complexity index is 500. The highest BCUT2D eigenvalue weighted by Crippen LogP contribution is 2.21. The summed E-state index contributed by atoms with van der Waals surface area (Å²) in [6, 6.07) is 4.75. The van der Waals surface area contributed by atoms with Gasteiger partial charge in [-0.15, -0.1) is 0 Å². The molecule has 2 unspecified atom stereocenters. The van der Waals surface area contributed by atoms with Crippen LogP contribution in [0, 0.1) is 6.92 Å². The van der Waals surface area contributed by atoms with E-state index in [2.05, 4.69) is 10.1 Å². The Morgan fingerprint density at radius 1 is 1.35 bits per heavy atom. The van der Waals surface area contributed by atoms with Gasteiger partial charge in [-0.05, 0) is 24.1 Å². The molecule has 20 heavy (non-hydrogen) atoms. The van der Waals surface area contributed by atoms with E-state index in [4.69, 9.17) is 0 Å². The lowest BCUT2D eigenvalue weighted by Crippen LogP contribution is -2.34. The molecule has 0 saturated carbocycles. The van der Waals surface area contributed by atoms with Crippen LogP contribution < -0.4 is 5.32 Å². The summed E-state index contributed by atoms with van der Waals surface area (Å²) in [5, 5.41) is 22.2. The van der Waals surface area contributed by atoms with Crippen LogP contribution in [0.3, 0.4) is 0 Å². The minimum Gasteiger partial charge on any atom is -0.465 e. The molecule has 2 atom stereocenters. The summed E-state index contributed by atoms with van der Waals surface area (Å²) in [4.78, 5) is 22.3. The molecule has 0 heterocycles. The predicted molar refractivity (Wildman–Crippen MR) is 72.2 cm³/mol. The van der Waals surface area contributed by atoms with Crippen LogP contribution in [0.5, 0.6) is 0 Å². The smallest absolute Gasteiger partial charge is 0.338 e. The SMILES string of the molecule is COC(=O)c1cc(C(O)C(O)CNC(C)=O)ccc1C. The van der Waals surface area contributed by atoms with E-state index in [1.165, 1.54) is 20.1 Å². The third kappa shape index (κ3) is 4.04. The van der Waals surface area contributed by atoms with Crippen LogP contribution in [-0.2, 0) is 9.53 Å². The number of amides is 1. The fourth-order valence-corrected chi connectivity index (χ4v) is 1.74. The van der Waals surface area contributed by atoms with Crippen molar-refractivity contribution in [2.75, 3.05) is 13.7 Å². The molecule has 0 aliphatic rings. The van der Waals surface area contributed by atoms with Crippen molar-refractivity contribution in [2.24, 2.45) is 0 Å². The Kier molecular flexibility index (Phi) is 5.66. The van der Waals surface area contributed by atoms with Gasteiger partial charge in [-0.1, -0.05) is 12.1 Å². The number of aliphatic hydroxyl groups excluding tert-OH is 2. The zero-order valence-corrected chi connectivity index (χ0v) is 11.7. The van der Waals surface area contributed by atoms with Gasteiger partial charge in [0.25, 0.3) is 0 Å². The standard InChI is InChI=1S/C14H19NO5/c1-8-4-5-10(6-11(8)14(19)20-3)13(18)12(17)7-15-9(2)16/h4-6,12-13,17-18H,7H2,1-3H3,(H,15,16). The average molecular weight is 281 g/mol. The second-order valence-corrected chi connectivity index (χ2v) is 4.52. The number of ether oxygens (including phenoxy) is 1. The van der Waals surface area contributed by atoms with Gasteiger partial charge in [0.15, 0.2) is 0 Å². The first-order chi connectivity index (χ1) is 9.36. The van der Waals surface area contributed by atoms with E-state index in [9.17, 15) is 19.8 Å². The molecule has 0 aromatic heterocycles. The molecular weight excluding hydrogens is 262 g/mol. The predicted octanol–water partition coefficient (Wildman–Crippen LogP) is 0.312. The fourth-order valence-electron chi connectivity index (χ4n) is 1.74. The lowest BCUT2D eigenvalue weighted by atomic mass is 9.99. The third-order valence-electron chi connectivity index (χ3n) is 2.93. The van der Waals surface area contributed by atoms with Crippen LogP contribution in [0.4, 0.5) is 0 Å². The van der Waals surface area contributed by atoms with Gasteiger partial charge in [-0.3, -0.25) is 4.79 Å². The molecular formula is C14H19NO5. The zero-order valence-electron chi connectivity index (χ0n) is 11.7. The molecule has 3 N–H and O–H groups in total. The Morgan fingerprint density at radius 2 is 2.00 bits per heavy atom. The number of benzene rings is 1. The monoisotopic (exact) mass is 281 g/mol. The van der Waals surface area contributed by atoms with Crippen molar-refractivity contribution in [3.05, 3.63) is 34.9 Å². The van der Waals surface area contributed by atoms with E-state index in [0.717, 1.165) is 0 Å². The summed E-state index contributed by atoms with van der Waals surface area (Å²) in [6.45, 7) is 2.99. The van der Waals surface area contributed by atoms with Crippen molar-refractivity contribution in [1.29, 1.82) is 0 Å². The number of nitrogens with one attached hydrogen (secondary N) is 1. The average Bonchev–Trinajstić information content (AvgIpc) is 2.43. The van der Waals surface area contributed by atoms with E-state index in [0.29, 0.717) is 16.7 Å². The van der Waals surface area contributed by atoms with E-state index in [1.54, 1.807) is 19.1 Å². The molecule has 6 heteroatoms. The van der Waals surface area contributed by atoms with Crippen LogP contribution in [-0.4, -0.2) is 41.8 Å². The van der Waals surface area contributed by atoms with Gasteiger partial charge in [0.1, 0.15) is 12.2 Å². The molecule has 6 nitrogen and oxygen atoms in total. The Hall–Kier alpha value is -1.92. The van der Waals surface area contributed by atoms with Crippen LogP contribution in [0.1, 0.15) is 34.5 Å². The molecule has 0 bridgehead atoms. The number of carbonyl (C=O) groups is 2. The van der Waals surface area contributed by atoms with Crippen LogP contribution in [0.25, 0.3) is 0 Å². The first-order valence-electron chi connectivity index (χ1n) is 6.16. The number of aryl methyl sites for hydroxylation is 1. The molecule has 0 saturated heterocycles. The summed E-state index contributed by atoms with van der Waals surface area (Å²) in [6.07, 6.45) is -2.36. The number of aliphatic hydroxyl groups is 2. The lowest BCUT2D eigenvalue weighted by Gasteiger charge is -2.19. The second-order valence-electron chi connectivity index (χ2n) is 4.52. The molecule has 0 aliphatic carbocycles. The van der Waals surface area contributed by atoms with Crippen molar-refractivity contribution in [3.63, 3.8) is 0 Å². The molecule has 0 fully saturated rings. The fraction of sp³-hybridized carbons (Fsp3) is 0.429. The van der Waals surface area contributed by atoms with Gasteiger partial charge in [-0.25, -0.2) is 4.79 Å². The van der Waals surface area contributed by atoms with Crippen molar-refractivity contribution in [1.82, 2.24) is 5.32 Å². The number of methoxy groups -OCH3 is 1. The van der Waals surface area contributed by atoms with E-state index >= 15 is 0 Å². The third-order valence-corrected chi connectivity index (χ3v) is 2.93. The Morgan fingerprint density at radius 3 is 2.55 bits per heavy atom. The Balaban J connectivity index is 2.90. The summed E-state index contributed by atoms with van der Waals surface area (Å²) in [7, 11) is 1.27. The lowest BCUT2D eigenvalue weighted by molar-refractivity contribution is -0.119. The first kappa shape index (κ1) is 16.1. The van der Waals surface area contributed by atoms with Gasteiger partial charge in [-0.2, -0.15) is 0 Å². The van der Waals surface area contributed by atoms with Gasteiger partial charge < -0.3 is 20.3 Å². The van der Waals surface area contributed by atoms with Crippen molar-refractivity contribution >= 4 is 11.9 Å². The van der Waals surface area contributed by atoms with Crippen molar-refractivity contribution < 1.29 is 24.5 Å². The zero-order chi connectivity index (χ0) is 15.3. The van der Waals surface area contributed by atoms with Crippen molar-refractivity contribution in [3.8, 4) is 0 Å². The number of hydrogen-bond acceptors (Lipinski definition) is 5. The maximum atomic E-state index is 11.6. The number of rotatable bonds is 5. The highest BCUT2D eigenvalue weighted by molar-refractivity contribution is 5.91. The van der Waals surface area contributed by atoms with Crippen molar-refractivity contribution in [2.45, 2.75) is 26.1 Å². The normalized spacial score (nSPS) is 13.4.